The SMILES string of the molecule is CC[C@H](CC(=O)O)N(C(=O)c1ccc2c(c1)nc(CNc1ccc(-c3noc(C)n3)cc1)n2C)c1ccccn1. The molecule has 1 amide bonds. The second-order valence-corrected chi connectivity index (χ2v) is 9.38. The van der Waals surface area contributed by atoms with Crippen LogP contribution in [0.5, 0.6) is 0 Å². The molecular formula is C29H29N7O4. The van der Waals surface area contributed by atoms with Gasteiger partial charge in [-0.15, -0.1) is 0 Å². The number of carbonyl (C=O) groups is 2. The first-order valence-electron chi connectivity index (χ1n) is 12.9. The highest BCUT2D eigenvalue weighted by Crippen LogP contribution is 2.25. The number of anilines is 2. The van der Waals surface area contributed by atoms with Crippen molar-refractivity contribution in [1.82, 2.24) is 24.7 Å². The van der Waals surface area contributed by atoms with E-state index >= 15 is 0 Å². The number of hydrogen-bond acceptors (Lipinski definition) is 8. The Bertz CT molecular complexity index is 1640. The van der Waals surface area contributed by atoms with Crippen LogP contribution in [0.1, 0.15) is 41.8 Å². The molecule has 11 heteroatoms. The standard InChI is InChI=1S/C29H29N7O4/c1-4-22(16-27(37)38)36(25-7-5-6-14-30-25)29(39)20-10-13-24-23(15-20)33-26(35(24)3)17-31-21-11-8-19(9-12-21)28-32-18(2)40-34-28/h5-15,22,31H,4,16-17H2,1-3H3,(H,37,38)/t22-/m1/s1. The first-order chi connectivity index (χ1) is 19.3. The van der Waals surface area contributed by atoms with Gasteiger partial charge in [-0.2, -0.15) is 4.98 Å². The molecule has 5 rings (SSSR count). The fourth-order valence-corrected chi connectivity index (χ4v) is 4.59. The smallest absolute Gasteiger partial charge is 0.305 e. The van der Waals surface area contributed by atoms with Gasteiger partial charge in [-0.25, -0.2) is 9.97 Å². The molecule has 3 aromatic heterocycles. The number of pyridine rings is 1. The summed E-state index contributed by atoms with van der Waals surface area (Å²) < 4.78 is 7.02. The summed E-state index contributed by atoms with van der Waals surface area (Å²) in [6.07, 6.45) is 1.87. The average molecular weight is 540 g/mol. The number of nitrogens with one attached hydrogen (secondary N) is 1. The Morgan fingerprint density at radius 3 is 2.55 bits per heavy atom. The molecule has 2 aromatic carbocycles. The van der Waals surface area contributed by atoms with Gasteiger partial charge in [0.2, 0.25) is 11.7 Å². The highest BCUT2D eigenvalue weighted by molar-refractivity contribution is 6.07. The molecule has 11 nitrogen and oxygen atoms in total. The van der Waals surface area contributed by atoms with E-state index in [9.17, 15) is 14.7 Å². The number of carboxylic acid groups (broad SMARTS) is 1. The average Bonchev–Trinajstić information content (AvgIpc) is 3.54. The zero-order chi connectivity index (χ0) is 28.2. The third-order valence-corrected chi connectivity index (χ3v) is 6.70. The fraction of sp³-hybridized carbons (Fsp3) is 0.241. The molecule has 40 heavy (non-hydrogen) atoms. The molecule has 1 atom stereocenters. The van der Waals surface area contributed by atoms with Crippen LogP contribution in [0.2, 0.25) is 0 Å². The predicted molar refractivity (Wildman–Crippen MR) is 150 cm³/mol. The number of imidazole rings is 1. The molecule has 3 heterocycles. The number of aliphatic carboxylic acids is 1. The minimum atomic E-state index is -0.975. The largest absolute Gasteiger partial charge is 0.481 e. The molecule has 0 aliphatic heterocycles. The number of nitrogens with zero attached hydrogens (tertiary/aromatic N) is 6. The topological polar surface area (TPSA) is 139 Å². The summed E-state index contributed by atoms with van der Waals surface area (Å²) in [5.41, 5.74) is 3.71. The van der Waals surface area contributed by atoms with Gasteiger partial charge in [-0.3, -0.25) is 14.5 Å². The van der Waals surface area contributed by atoms with Crippen molar-refractivity contribution in [3.05, 3.63) is 84.1 Å². The van der Waals surface area contributed by atoms with Crippen molar-refractivity contribution in [3.8, 4) is 11.4 Å². The number of hydrogen-bond donors (Lipinski definition) is 2. The molecule has 204 valence electrons. The van der Waals surface area contributed by atoms with Crippen LogP contribution >= 0.6 is 0 Å². The van der Waals surface area contributed by atoms with Crippen LogP contribution in [0, 0.1) is 6.92 Å². The maximum absolute atomic E-state index is 13.7. The van der Waals surface area contributed by atoms with E-state index in [0.29, 0.717) is 41.6 Å². The zero-order valence-electron chi connectivity index (χ0n) is 22.4. The Morgan fingerprint density at radius 2 is 1.90 bits per heavy atom. The summed E-state index contributed by atoms with van der Waals surface area (Å²) in [6.45, 7) is 4.07. The number of amides is 1. The Morgan fingerprint density at radius 1 is 1.10 bits per heavy atom. The molecule has 0 saturated heterocycles. The number of carbonyl (C=O) groups excluding carboxylic acids is 1. The molecule has 0 aliphatic carbocycles. The van der Waals surface area contributed by atoms with Crippen LogP contribution in [-0.4, -0.2) is 47.7 Å². The van der Waals surface area contributed by atoms with Gasteiger partial charge in [0, 0.05) is 43.0 Å². The van der Waals surface area contributed by atoms with Gasteiger partial charge < -0.3 is 19.5 Å². The first kappa shape index (κ1) is 26.5. The van der Waals surface area contributed by atoms with Crippen molar-refractivity contribution < 1.29 is 19.2 Å². The third kappa shape index (κ3) is 5.53. The second-order valence-electron chi connectivity index (χ2n) is 9.38. The van der Waals surface area contributed by atoms with Gasteiger partial charge in [0.05, 0.1) is 24.0 Å². The number of aromatic nitrogens is 5. The molecular weight excluding hydrogens is 510 g/mol. The minimum Gasteiger partial charge on any atom is -0.481 e. The number of carboxylic acids is 1. The Balaban J connectivity index is 1.37. The molecule has 0 fully saturated rings. The summed E-state index contributed by atoms with van der Waals surface area (Å²) in [4.78, 5) is 40.1. The summed E-state index contributed by atoms with van der Waals surface area (Å²) in [5.74, 6) is 0.954. The van der Waals surface area contributed by atoms with Gasteiger partial charge in [-0.05, 0) is 61.0 Å². The molecule has 5 aromatic rings. The maximum Gasteiger partial charge on any atom is 0.305 e. The van der Waals surface area contributed by atoms with Crippen molar-refractivity contribution in [2.45, 2.75) is 39.3 Å². The van der Waals surface area contributed by atoms with Gasteiger partial charge in [-0.1, -0.05) is 18.1 Å². The number of benzene rings is 2. The van der Waals surface area contributed by atoms with Crippen LogP contribution in [0.25, 0.3) is 22.4 Å². The molecule has 0 saturated carbocycles. The molecule has 0 bridgehead atoms. The lowest BCUT2D eigenvalue weighted by molar-refractivity contribution is -0.137. The van der Waals surface area contributed by atoms with Gasteiger partial charge >= 0.3 is 5.97 Å². The molecule has 0 radical (unpaired) electrons. The fourth-order valence-electron chi connectivity index (χ4n) is 4.59. The van der Waals surface area contributed by atoms with E-state index in [0.717, 1.165) is 22.6 Å². The van der Waals surface area contributed by atoms with Crippen LogP contribution in [0.15, 0.2) is 71.4 Å². The van der Waals surface area contributed by atoms with Crippen LogP contribution in [0.4, 0.5) is 11.5 Å². The first-order valence-corrected chi connectivity index (χ1v) is 12.9. The molecule has 0 aliphatic rings. The molecule has 2 N–H and O–H groups in total. The van der Waals surface area contributed by atoms with Crippen LogP contribution in [-0.2, 0) is 18.4 Å². The normalized spacial score (nSPS) is 11.9. The van der Waals surface area contributed by atoms with Crippen molar-refractivity contribution in [3.63, 3.8) is 0 Å². The number of fused-ring (bicyclic) bond motifs is 1. The second kappa shape index (κ2) is 11.4. The lowest BCUT2D eigenvalue weighted by atomic mass is 10.1. The predicted octanol–water partition coefficient (Wildman–Crippen LogP) is 4.84. The lowest BCUT2D eigenvalue weighted by Crippen LogP contribution is -2.42. The van der Waals surface area contributed by atoms with E-state index in [2.05, 4.69) is 20.4 Å². The number of aryl methyl sites for hydroxylation is 2. The number of rotatable bonds is 10. The summed E-state index contributed by atoms with van der Waals surface area (Å²) >= 11 is 0. The minimum absolute atomic E-state index is 0.184. The van der Waals surface area contributed by atoms with Gasteiger partial charge in [0.25, 0.3) is 5.91 Å². The van der Waals surface area contributed by atoms with E-state index in [4.69, 9.17) is 9.51 Å². The maximum atomic E-state index is 13.7. The van der Waals surface area contributed by atoms with Crippen LogP contribution < -0.4 is 10.2 Å². The van der Waals surface area contributed by atoms with E-state index in [1.807, 2.05) is 48.9 Å². The Kier molecular flexibility index (Phi) is 7.54. The van der Waals surface area contributed by atoms with E-state index < -0.39 is 12.0 Å². The summed E-state index contributed by atoms with van der Waals surface area (Å²) in [5, 5.41) is 16.8. The molecule has 0 unspecified atom stereocenters. The van der Waals surface area contributed by atoms with Crippen molar-refractivity contribution in [1.29, 1.82) is 0 Å². The monoisotopic (exact) mass is 539 g/mol. The Hall–Kier alpha value is -5.06. The van der Waals surface area contributed by atoms with E-state index in [-0.39, 0.29) is 12.3 Å². The zero-order valence-corrected chi connectivity index (χ0v) is 22.4. The molecule has 0 spiro atoms. The third-order valence-electron chi connectivity index (χ3n) is 6.70. The van der Waals surface area contributed by atoms with Crippen molar-refractivity contribution >= 4 is 34.4 Å². The summed E-state index contributed by atoms with van der Waals surface area (Å²) in [6, 6.07) is 17.7. The quantitative estimate of drug-likeness (QED) is 0.255. The summed E-state index contributed by atoms with van der Waals surface area (Å²) in [7, 11) is 1.93. The Labute approximate surface area is 230 Å². The van der Waals surface area contributed by atoms with E-state index in [1.165, 1.54) is 4.90 Å². The van der Waals surface area contributed by atoms with Gasteiger partial charge in [0.15, 0.2) is 0 Å². The van der Waals surface area contributed by atoms with Crippen molar-refractivity contribution in [2.75, 3.05) is 10.2 Å². The van der Waals surface area contributed by atoms with Crippen molar-refractivity contribution in [2.24, 2.45) is 7.05 Å². The van der Waals surface area contributed by atoms with Crippen LogP contribution in [0.3, 0.4) is 0 Å². The highest BCUT2D eigenvalue weighted by atomic mass is 16.5. The highest BCUT2D eigenvalue weighted by Gasteiger charge is 2.28. The van der Waals surface area contributed by atoms with Gasteiger partial charge in [0.1, 0.15) is 11.6 Å². The lowest BCUT2D eigenvalue weighted by Gasteiger charge is -2.29. The van der Waals surface area contributed by atoms with E-state index in [1.54, 1.807) is 43.5 Å².